The van der Waals surface area contributed by atoms with E-state index in [1.54, 1.807) is 30.3 Å². The summed E-state index contributed by atoms with van der Waals surface area (Å²) in [5.41, 5.74) is 1.32. The minimum atomic E-state index is -0.349. The molecule has 0 atom stereocenters. The second-order valence-corrected chi connectivity index (χ2v) is 5.40. The van der Waals surface area contributed by atoms with Gasteiger partial charge in [-0.25, -0.2) is 4.79 Å². The zero-order valence-corrected chi connectivity index (χ0v) is 13.6. The van der Waals surface area contributed by atoms with Gasteiger partial charge in [-0.05, 0) is 24.3 Å². The fourth-order valence-electron chi connectivity index (χ4n) is 2.33. The molecular weight excluding hydrogens is 322 g/mol. The van der Waals surface area contributed by atoms with Crippen LogP contribution in [0.1, 0.15) is 6.42 Å². The van der Waals surface area contributed by atoms with Gasteiger partial charge in [-0.1, -0.05) is 18.2 Å². The number of anilines is 2. The van der Waals surface area contributed by atoms with Crippen molar-refractivity contribution in [1.82, 2.24) is 5.32 Å². The normalized spacial score (nSPS) is 12.2. The summed E-state index contributed by atoms with van der Waals surface area (Å²) in [6.45, 7) is 1.25. The first-order valence-corrected chi connectivity index (χ1v) is 8.00. The molecule has 0 fully saturated rings. The highest BCUT2D eigenvalue weighted by Crippen LogP contribution is 2.32. The third kappa shape index (κ3) is 4.87. The summed E-state index contributed by atoms with van der Waals surface area (Å²) in [4.78, 5) is 23.7. The summed E-state index contributed by atoms with van der Waals surface area (Å²) in [7, 11) is 0. The van der Waals surface area contributed by atoms with Crippen molar-refractivity contribution in [3.8, 4) is 11.5 Å². The third-order valence-corrected chi connectivity index (χ3v) is 3.50. The Bertz CT molecular complexity index is 749. The second-order valence-electron chi connectivity index (χ2n) is 5.40. The lowest BCUT2D eigenvalue weighted by Crippen LogP contribution is -2.31. The highest BCUT2D eigenvalue weighted by molar-refractivity contribution is 5.92. The maximum atomic E-state index is 12.0. The van der Waals surface area contributed by atoms with E-state index < -0.39 is 0 Å². The molecule has 130 valence electrons. The average Bonchev–Trinajstić information content (AvgIpc) is 2.62. The highest BCUT2D eigenvalue weighted by Gasteiger charge is 2.12. The molecular formula is C18H19N3O4. The molecule has 0 bridgehead atoms. The van der Waals surface area contributed by atoms with E-state index in [0.717, 1.165) is 0 Å². The number of fused-ring (bicyclic) bond motifs is 1. The summed E-state index contributed by atoms with van der Waals surface area (Å²) < 4.78 is 10.9. The van der Waals surface area contributed by atoms with Crippen LogP contribution in [0.5, 0.6) is 11.5 Å². The van der Waals surface area contributed by atoms with Gasteiger partial charge in [-0.15, -0.1) is 0 Å². The molecule has 0 aromatic heterocycles. The van der Waals surface area contributed by atoms with Crippen molar-refractivity contribution in [1.29, 1.82) is 0 Å². The minimum Gasteiger partial charge on any atom is -0.486 e. The predicted molar refractivity (Wildman–Crippen MR) is 94.1 cm³/mol. The van der Waals surface area contributed by atoms with Gasteiger partial charge in [-0.2, -0.15) is 0 Å². The van der Waals surface area contributed by atoms with Crippen LogP contribution in [0.2, 0.25) is 0 Å². The number of carbonyl (C=O) groups excluding carboxylic acids is 2. The number of hydrogen-bond donors (Lipinski definition) is 3. The summed E-state index contributed by atoms with van der Waals surface area (Å²) in [6, 6.07) is 14.0. The quantitative estimate of drug-likeness (QED) is 0.780. The Hall–Kier alpha value is -3.22. The van der Waals surface area contributed by atoms with E-state index in [9.17, 15) is 9.59 Å². The van der Waals surface area contributed by atoms with Crippen molar-refractivity contribution in [3.05, 3.63) is 48.5 Å². The van der Waals surface area contributed by atoms with Crippen LogP contribution in [0.3, 0.4) is 0 Å². The Kier molecular flexibility index (Phi) is 5.36. The van der Waals surface area contributed by atoms with E-state index in [0.29, 0.717) is 36.1 Å². The molecule has 7 nitrogen and oxygen atoms in total. The SMILES string of the molecule is O=C(CCNC(=O)Nc1ccccc1)Nc1ccc2c(c1)OCCO2. The molecule has 2 aromatic rings. The number of amides is 3. The van der Waals surface area contributed by atoms with Crippen molar-refractivity contribution in [2.45, 2.75) is 6.42 Å². The molecule has 2 aromatic carbocycles. The molecule has 0 saturated carbocycles. The van der Waals surface area contributed by atoms with Gasteiger partial charge in [0.25, 0.3) is 0 Å². The number of benzene rings is 2. The number of hydrogen-bond acceptors (Lipinski definition) is 4. The van der Waals surface area contributed by atoms with Gasteiger partial charge >= 0.3 is 6.03 Å². The van der Waals surface area contributed by atoms with Crippen molar-refractivity contribution in [2.75, 3.05) is 30.4 Å². The molecule has 0 aliphatic carbocycles. The summed E-state index contributed by atoms with van der Waals surface area (Å²) in [5.74, 6) is 1.09. The highest BCUT2D eigenvalue weighted by atomic mass is 16.6. The number of ether oxygens (including phenoxy) is 2. The Labute approximate surface area is 145 Å². The standard InChI is InChI=1S/C18H19N3O4/c22-17(8-9-19-18(23)21-13-4-2-1-3-5-13)20-14-6-7-15-16(12-14)25-11-10-24-15/h1-7,12H,8-11H2,(H,20,22)(H2,19,21,23). The molecule has 1 aliphatic rings. The van der Waals surface area contributed by atoms with Crippen LogP contribution in [-0.4, -0.2) is 31.7 Å². The molecule has 0 saturated heterocycles. The lowest BCUT2D eigenvalue weighted by Gasteiger charge is -2.19. The number of para-hydroxylation sites is 1. The van der Waals surface area contributed by atoms with Crippen molar-refractivity contribution < 1.29 is 19.1 Å². The van der Waals surface area contributed by atoms with Gasteiger partial charge in [0.2, 0.25) is 5.91 Å². The molecule has 3 N–H and O–H groups in total. The third-order valence-electron chi connectivity index (χ3n) is 3.50. The fourth-order valence-corrected chi connectivity index (χ4v) is 2.33. The van der Waals surface area contributed by atoms with E-state index in [4.69, 9.17) is 9.47 Å². The molecule has 25 heavy (non-hydrogen) atoms. The molecule has 3 amide bonds. The Morgan fingerprint density at radius 1 is 0.880 bits per heavy atom. The average molecular weight is 341 g/mol. The zero-order chi connectivity index (χ0) is 17.5. The first-order chi connectivity index (χ1) is 12.2. The number of urea groups is 1. The first-order valence-electron chi connectivity index (χ1n) is 8.00. The molecule has 1 aliphatic heterocycles. The fraction of sp³-hybridized carbons (Fsp3) is 0.222. The summed E-state index contributed by atoms with van der Waals surface area (Å²) >= 11 is 0. The summed E-state index contributed by atoms with van der Waals surface area (Å²) in [5, 5.41) is 8.10. The van der Waals surface area contributed by atoms with Crippen LogP contribution >= 0.6 is 0 Å². The van der Waals surface area contributed by atoms with E-state index in [-0.39, 0.29) is 24.9 Å². The molecule has 1 heterocycles. The zero-order valence-electron chi connectivity index (χ0n) is 13.6. The molecule has 7 heteroatoms. The molecule has 0 radical (unpaired) electrons. The Morgan fingerprint density at radius 3 is 2.44 bits per heavy atom. The largest absolute Gasteiger partial charge is 0.486 e. The van der Waals surface area contributed by atoms with Crippen LogP contribution in [0.4, 0.5) is 16.2 Å². The van der Waals surface area contributed by atoms with Gasteiger partial charge in [-0.3, -0.25) is 4.79 Å². The van der Waals surface area contributed by atoms with Gasteiger partial charge in [0.15, 0.2) is 11.5 Å². The van der Waals surface area contributed by atoms with Crippen LogP contribution in [0.15, 0.2) is 48.5 Å². The molecule has 0 spiro atoms. The second kappa shape index (κ2) is 8.05. The maximum absolute atomic E-state index is 12.0. The lowest BCUT2D eigenvalue weighted by atomic mass is 10.2. The van der Waals surface area contributed by atoms with Gasteiger partial charge < -0.3 is 25.4 Å². The van der Waals surface area contributed by atoms with Crippen LogP contribution < -0.4 is 25.4 Å². The number of carbonyl (C=O) groups is 2. The van der Waals surface area contributed by atoms with Gasteiger partial charge in [0.1, 0.15) is 13.2 Å². The van der Waals surface area contributed by atoms with Crippen LogP contribution in [0, 0.1) is 0 Å². The topological polar surface area (TPSA) is 88.7 Å². The smallest absolute Gasteiger partial charge is 0.319 e. The van der Waals surface area contributed by atoms with Gasteiger partial charge in [0, 0.05) is 30.4 Å². The number of rotatable bonds is 5. The molecule has 3 rings (SSSR count). The predicted octanol–water partition coefficient (Wildman–Crippen LogP) is 2.61. The Morgan fingerprint density at radius 2 is 1.64 bits per heavy atom. The van der Waals surface area contributed by atoms with Crippen molar-refractivity contribution in [2.24, 2.45) is 0 Å². The first kappa shape index (κ1) is 16.6. The van der Waals surface area contributed by atoms with Gasteiger partial charge in [0.05, 0.1) is 0 Å². The van der Waals surface area contributed by atoms with E-state index in [1.165, 1.54) is 0 Å². The van der Waals surface area contributed by atoms with Crippen LogP contribution in [0.25, 0.3) is 0 Å². The van der Waals surface area contributed by atoms with Crippen molar-refractivity contribution >= 4 is 23.3 Å². The minimum absolute atomic E-state index is 0.163. The van der Waals surface area contributed by atoms with E-state index in [1.807, 2.05) is 18.2 Å². The Balaban J connectivity index is 1.41. The lowest BCUT2D eigenvalue weighted by molar-refractivity contribution is -0.116. The molecule has 0 unspecified atom stereocenters. The van der Waals surface area contributed by atoms with Crippen molar-refractivity contribution in [3.63, 3.8) is 0 Å². The van der Waals surface area contributed by atoms with E-state index in [2.05, 4.69) is 16.0 Å². The number of nitrogens with one attached hydrogen (secondary N) is 3. The maximum Gasteiger partial charge on any atom is 0.319 e. The van der Waals surface area contributed by atoms with Crippen LogP contribution in [-0.2, 0) is 4.79 Å². The monoisotopic (exact) mass is 341 g/mol. The summed E-state index contributed by atoms with van der Waals surface area (Å²) in [6.07, 6.45) is 0.163. The van der Waals surface area contributed by atoms with E-state index >= 15 is 0 Å².